The second-order valence-electron chi connectivity index (χ2n) is 4.19. The molecular weight excluding hydrogens is 162 g/mol. The van der Waals surface area contributed by atoms with Crippen molar-refractivity contribution in [2.75, 3.05) is 19.8 Å². The van der Waals surface area contributed by atoms with Crippen molar-refractivity contribution in [3.63, 3.8) is 0 Å². The molecule has 0 aliphatic carbocycles. The van der Waals surface area contributed by atoms with Crippen LogP contribution in [0.4, 0.5) is 0 Å². The molecule has 1 heterocycles. The molecule has 0 aromatic carbocycles. The number of hydrogen-bond donors (Lipinski definition) is 1. The molecular formula is C11H19NO. The molecule has 0 saturated carbocycles. The first-order valence-electron chi connectivity index (χ1n) is 4.93. The van der Waals surface area contributed by atoms with Gasteiger partial charge in [-0.2, -0.15) is 0 Å². The molecule has 1 atom stereocenters. The summed E-state index contributed by atoms with van der Waals surface area (Å²) in [5, 5.41) is 3.35. The van der Waals surface area contributed by atoms with Crippen LogP contribution in [-0.2, 0) is 4.74 Å². The standard InChI is InChI=1S/C11H19NO/c1-4-10(2)12-9-11(3)5-7-13-8-6-11/h1,10,12H,5-9H2,2-3H3. The molecule has 13 heavy (non-hydrogen) atoms. The van der Waals surface area contributed by atoms with Crippen LogP contribution in [0.5, 0.6) is 0 Å². The molecule has 74 valence electrons. The first-order chi connectivity index (χ1) is 6.16. The van der Waals surface area contributed by atoms with Crippen molar-refractivity contribution in [2.45, 2.75) is 32.7 Å². The first kappa shape index (κ1) is 10.6. The summed E-state index contributed by atoms with van der Waals surface area (Å²) in [6.45, 7) is 7.10. The van der Waals surface area contributed by atoms with Crippen LogP contribution in [0.15, 0.2) is 0 Å². The monoisotopic (exact) mass is 181 g/mol. The molecule has 1 unspecified atom stereocenters. The van der Waals surface area contributed by atoms with Gasteiger partial charge in [-0.15, -0.1) is 6.42 Å². The van der Waals surface area contributed by atoms with Crippen LogP contribution in [0.1, 0.15) is 26.7 Å². The maximum atomic E-state index is 5.33. The van der Waals surface area contributed by atoms with Crippen LogP contribution < -0.4 is 5.32 Å². The zero-order valence-electron chi connectivity index (χ0n) is 8.60. The summed E-state index contributed by atoms with van der Waals surface area (Å²) in [5.41, 5.74) is 0.378. The molecule has 0 bridgehead atoms. The van der Waals surface area contributed by atoms with Gasteiger partial charge < -0.3 is 10.1 Å². The summed E-state index contributed by atoms with van der Waals surface area (Å²) in [5.74, 6) is 2.68. The van der Waals surface area contributed by atoms with Crippen molar-refractivity contribution in [3.05, 3.63) is 0 Å². The highest BCUT2D eigenvalue weighted by Gasteiger charge is 2.26. The van der Waals surface area contributed by atoms with Crippen LogP contribution >= 0.6 is 0 Å². The van der Waals surface area contributed by atoms with Gasteiger partial charge in [-0.3, -0.25) is 0 Å². The van der Waals surface area contributed by atoms with Gasteiger partial charge in [-0.1, -0.05) is 12.8 Å². The Bertz CT molecular complexity index is 189. The lowest BCUT2D eigenvalue weighted by molar-refractivity contribution is 0.0237. The maximum Gasteiger partial charge on any atom is 0.0658 e. The average molecular weight is 181 g/mol. The second-order valence-corrected chi connectivity index (χ2v) is 4.19. The third-order valence-corrected chi connectivity index (χ3v) is 2.78. The third kappa shape index (κ3) is 3.38. The van der Waals surface area contributed by atoms with Gasteiger partial charge in [0.1, 0.15) is 0 Å². The number of terminal acetylenes is 1. The van der Waals surface area contributed by atoms with E-state index in [-0.39, 0.29) is 6.04 Å². The summed E-state index contributed by atoms with van der Waals surface area (Å²) in [6, 6.07) is 0.180. The quantitative estimate of drug-likeness (QED) is 0.665. The fourth-order valence-electron chi connectivity index (χ4n) is 1.50. The molecule has 1 fully saturated rings. The van der Waals surface area contributed by atoms with E-state index in [1.54, 1.807) is 0 Å². The lowest BCUT2D eigenvalue weighted by Crippen LogP contribution is -2.39. The lowest BCUT2D eigenvalue weighted by Gasteiger charge is -2.34. The van der Waals surface area contributed by atoms with Crippen molar-refractivity contribution in [3.8, 4) is 12.3 Å². The van der Waals surface area contributed by atoms with Gasteiger partial charge in [-0.25, -0.2) is 0 Å². The summed E-state index contributed by atoms with van der Waals surface area (Å²) >= 11 is 0. The zero-order valence-corrected chi connectivity index (χ0v) is 8.60. The molecule has 1 saturated heterocycles. The summed E-state index contributed by atoms with van der Waals surface area (Å²) in [4.78, 5) is 0. The Labute approximate surface area is 81.0 Å². The number of nitrogens with one attached hydrogen (secondary N) is 1. The van der Waals surface area contributed by atoms with E-state index >= 15 is 0 Å². The van der Waals surface area contributed by atoms with Crippen molar-refractivity contribution in [1.29, 1.82) is 0 Å². The highest BCUT2D eigenvalue weighted by Crippen LogP contribution is 2.28. The molecule has 2 nitrogen and oxygen atoms in total. The Hall–Kier alpha value is -0.520. The number of rotatable bonds is 3. The molecule has 1 aliphatic rings. The number of ether oxygens (including phenoxy) is 1. The summed E-state index contributed by atoms with van der Waals surface area (Å²) in [6.07, 6.45) is 7.57. The van der Waals surface area contributed by atoms with Crippen molar-refractivity contribution < 1.29 is 4.74 Å². The maximum absolute atomic E-state index is 5.33. The molecule has 0 spiro atoms. The van der Waals surface area contributed by atoms with E-state index in [9.17, 15) is 0 Å². The smallest absolute Gasteiger partial charge is 0.0658 e. The highest BCUT2D eigenvalue weighted by molar-refractivity contribution is 4.96. The average Bonchev–Trinajstić information content (AvgIpc) is 2.15. The normalized spacial score (nSPS) is 23.5. The molecule has 0 amide bonds. The topological polar surface area (TPSA) is 21.3 Å². The SMILES string of the molecule is C#CC(C)NCC1(C)CCOCC1. The highest BCUT2D eigenvalue weighted by atomic mass is 16.5. The Morgan fingerprint density at radius 2 is 2.15 bits per heavy atom. The van der Waals surface area contributed by atoms with Crippen molar-refractivity contribution in [2.24, 2.45) is 5.41 Å². The lowest BCUT2D eigenvalue weighted by atomic mass is 9.82. The Morgan fingerprint density at radius 3 is 2.69 bits per heavy atom. The minimum Gasteiger partial charge on any atom is -0.381 e. The zero-order chi connectivity index (χ0) is 9.73. The van der Waals surface area contributed by atoms with Crippen LogP contribution in [-0.4, -0.2) is 25.8 Å². The van der Waals surface area contributed by atoms with Gasteiger partial charge in [0.25, 0.3) is 0 Å². The van der Waals surface area contributed by atoms with E-state index in [1.165, 1.54) is 0 Å². The van der Waals surface area contributed by atoms with E-state index in [0.29, 0.717) is 5.41 Å². The van der Waals surface area contributed by atoms with Crippen LogP contribution in [0.25, 0.3) is 0 Å². The predicted molar refractivity (Wildman–Crippen MR) is 54.5 cm³/mol. The summed E-state index contributed by atoms with van der Waals surface area (Å²) in [7, 11) is 0. The van der Waals surface area contributed by atoms with E-state index in [0.717, 1.165) is 32.6 Å². The van der Waals surface area contributed by atoms with E-state index in [1.807, 2.05) is 6.92 Å². The third-order valence-electron chi connectivity index (χ3n) is 2.78. The second kappa shape index (κ2) is 4.64. The van der Waals surface area contributed by atoms with Gasteiger partial charge in [0.15, 0.2) is 0 Å². The Morgan fingerprint density at radius 1 is 1.54 bits per heavy atom. The molecule has 0 aromatic rings. The van der Waals surface area contributed by atoms with Crippen LogP contribution in [0.2, 0.25) is 0 Å². The van der Waals surface area contributed by atoms with E-state index < -0.39 is 0 Å². The molecule has 1 aliphatic heterocycles. The first-order valence-corrected chi connectivity index (χ1v) is 4.93. The molecule has 0 aromatic heterocycles. The fourth-order valence-corrected chi connectivity index (χ4v) is 1.50. The van der Waals surface area contributed by atoms with E-state index in [2.05, 4.69) is 18.2 Å². The summed E-state index contributed by atoms with van der Waals surface area (Å²) < 4.78 is 5.33. The molecule has 1 rings (SSSR count). The van der Waals surface area contributed by atoms with Gasteiger partial charge >= 0.3 is 0 Å². The van der Waals surface area contributed by atoms with Gasteiger partial charge in [0, 0.05) is 19.8 Å². The largest absolute Gasteiger partial charge is 0.381 e. The Balaban J connectivity index is 2.29. The molecule has 0 radical (unpaired) electrons. The van der Waals surface area contributed by atoms with E-state index in [4.69, 9.17) is 11.2 Å². The minimum atomic E-state index is 0.180. The van der Waals surface area contributed by atoms with Gasteiger partial charge in [0.2, 0.25) is 0 Å². The van der Waals surface area contributed by atoms with Crippen molar-refractivity contribution in [1.82, 2.24) is 5.32 Å². The van der Waals surface area contributed by atoms with Crippen LogP contribution in [0, 0.1) is 17.8 Å². The minimum absolute atomic E-state index is 0.180. The van der Waals surface area contributed by atoms with Crippen molar-refractivity contribution >= 4 is 0 Å². The van der Waals surface area contributed by atoms with Crippen LogP contribution in [0.3, 0.4) is 0 Å². The number of hydrogen-bond acceptors (Lipinski definition) is 2. The van der Waals surface area contributed by atoms with Gasteiger partial charge in [0.05, 0.1) is 6.04 Å². The Kier molecular flexibility index (Phi) is 3.77. The fraction of sp³-hybridized carbons (Fsp3) is 0.818. The molecule has 1 N–H and O–H groups in total. The molecule has 2 heteroatoms. The predicted octanol–water partition coefficient (Wildman–Crippen LogP) is 1.41. The van der Waals surface area contributed by atoms with Gasteiger partial charge in [-0.05, 0) is 25.2 Å².